The van der Waals surface area contributed by atoms with Crippen molar-refractivity contribution in [2.75, 3.05) is 0 Å². The summed E-state index contributed by atoms with van der Waals surface area (Å²) in [5, 5.41) is 14.6. The third kappa shape index (κ3) is 2.55. The fourth-order valence-electron chi connectivity index (χ4n) is 2.54. The van der Waals surface area contributed by atoms with Crippen molar-refractivity contribution in [1.29, 1.82) is 0 Å². The van der Waals surface area contributed by atoms with Crippen LogP contribution in [0.3, 0.4) is 0 Å². The summed E-state index contributed by atoms with van der Waals surface area (Å²) in [6, 6.07) is 11.5. The molecule has 1 aromatic heterocycles. The summed E-state index contributed by atoms with van der Waals surface area (Å²) in [7, 11) is 0. The lowest BCUT2D eigenvalue weighted by atomic mass is 10.1. The van der Waals surface area contributed by atoms with E-state index in [0.29, 0.717) is 11.8 Å². The standard InChI is InChI=1S/C15H17N3S/c1-2-4-10(5-3-1)12-8-13(12)15-18-17-14(19-15)9-16-11-6-7-11/h1-5,11-13,16H,6-9H2. The zero-order valence-electron chi connectivity index (χ0n) is 10.7. The summed E-state index contributed by atoms with van der Waals surface area (Å²) >= 11 is 1.79. The van der Waals surface area contributed by atoms with Crippen molar-refractivity contribution in [3.8, 4) is 0 Å². The smallest absolute Gasteiger partial charge is 0.131 e. The highest BCUT2D eigenvalue weighted by molar-refractivity contribution is 7.11. The lowest BCUT2D eigenvalue weighted by molar-refractivity contribution is 0.678. The van der Waals surface area contributed by atoms with Gasteiger partial charge in [-0.2, -0.15) is 0 Å². The van der Waals surface area contributed by atoms with E-state index in [1.165, 1.54) is 29.8 Å². The molecule has 4 rings (SSSR count). The highest BCUT2D eigenvalue weighted by Gasteiger charge is 2.41. The zero-order chi connectivity index (χ0) is 12.7. The Labute approximate surface area is 117 Å². The molecule has 98 valence electrons. The van der Waals surface area contributed by atoms with Crippen molar-refractivity contribution in [3.63, 3.8) is 0 Å². The molecule has 1 N–H and O–H groups in total. The molecule has 2 aromatic rings. The maximum Gasteiger partial charge on any atom is 0.131 e. The predicted octanol–water partition coefficient (Wildman–Crippen LogP) is 3.06. The van der Waals surface area contributed by atoms with Crippen LogP contribution in [0.2, 0.25) is 0 Å². The van der Waals surface area contributed by atoms with Gasteiger partial charge in [0.15, 0.2) is 0 Å². The number of nitrogens with one attached hydrogen (secondary N) is 1. The van der Waals surface area contributed by atoms with Crippen LogP contribution >= 0.6 is 11.3 Å². The number of rotatable bonds is 5. The molecule has 2 atom stereocenters. The number of hydrogen-bond acceptors (Lipinski definition) is 4. The molecule has 2 aliphatic rings. The average Bonchev–Trinajstić information content (AvgIpc) is 3.37. The summed E-state index contributed by atoms with van der Waals surface area (Å²) in [6.07, 6.45) is 3.88. The second kappa shape index (κ2) is 4.69. The van der Waals surface area contributed by atoms with E-state index in [0.717, 1.165) is 17.6 Å². The lowest BCUT2D eigenvalue weighted by Gasteiger charge is -1.97. The number of aromatic nitrogens is 2. The molecule has 0 amide bonds. The number of nitrogens with zero attached hydrogens (tertiary/aromatic N) is 2. The number of benzene rings is 1. The largest absolute Gasteiger partial charge is 0.308 e. The molecule has 1 aromatic carbocycles. The molecular formula is C15H17N3S. The number of hydrogen-bond donors (Lipinski definition) is 1. The lowest BCUT2D eigenvalue weighted by Crippen LogP contribution is -2.14. The third-order valence-electron chi connectivity index (χ3n) is 3.94. The van der Waals surface area contributed by atoms with Gasteiger partial charge >= 0.3 is 0 Å². The van der Waals surface area contributed by atoms with Crippen LogP contribution in [0.4, 0.5) is 0 Å². The Bertz CT molecular complexity index is 562. The Morgan fingerprint density at radius 3 is 2.74 bits per heavy atom. The first kappa shape index (κ1) is 11.6. The van der Waals surface area contributed by atoms with Crippen LogP contribution in [0.5, 0.6) is 0 Å². The van der Waals surface area contributed by atoms with E-state index in [9.17, 15) is 0 Å². The Hall–Kier alpha value is -1.26. The molecule has 0 spiro atoms. The van der Waals surface area contributed by atoms with Crippen LogP contribution in [-0.4, -0.2) is 16.2 Å². The first-order valence-corrected chi connectivity index (χ1v) is 7.82. The zero-order valence-corrected chi connectivity index (χ0v) is 11.6. The van der Waals surface area contributed by atoms with Gasteiger partial charge in [-0.25, -0.2) is 0 Å². The Morgan fingerprint density at radius 1 is 1.11 bits per heavy atom. The molecule has 2 unspecified atom stereocenters. The molecule has 1 heterocycles. The van der Waals surface area contributed by atoms with E-state index < -0.39 is 0 Å². The second-order valence-electron chi connectivity index (χ2n) is 5.55. The molecule has 3 nitrogen and oxygen atoms in total. The minimum absolute atomic E-state index is 0.606. The van der Waals surface area contributed by atoms with Gasteiger partial charge in [-0.05, 0) is 30.7 Å². The van der Waals surface area contributed by atoms with Crippen molar-refractivity contribution in [1.82, 2.24) is 15.5 Å². The van der Waals surface area contributed by atoms with E-state index in [2.05, 4.69) is 45.8 Å². The van der Waals surface area contributed by atoms with Gasteiger partial charge < -0.3 is 5.32 Å². The molecule has 2 aliphatic carbocycles. The summed E-state index contributed by atoms with van der Waals surface area (Å²) in [4.78, 5) is 0. The van der Waals surface area contributed by atoms with Gasteiger partial charge in [-0.15, -0.1) is 10.2 Å². The summed E-state index contributed by atoms with van der Waals surface area (Å²) in [5.41, 5.74) is 1.44. The van der Waals surface area contributed by atoms with Gasteiger partial charge in [0.1, 0.15) is 10.0 Å². The van der Waals surface area contributed by atoms with Gasteiger partial charge in [0.25, 0.3) is 0 Å². The Kier molecular flexibility index (Phi) is 2.85. The van der Waals surface area contributed by atoms with E-state index >= 15 is 0 Å². The van der Waals surface area contributed by atoms with Crippen molar-refractivity contribution in [2.45, 2.75) is 43.7 Å². The van der Waals surface area contributed by atoms with Crippen LogP contribution in [-0.2, 0) is 6.54 Å². The van der Waals surface area contributed by atoms with Crippen molar-refractivity contribution in [3.05, 3.63) is 45.9 Å². The fourth-order valence-corrected chi connectivity index (χ4v) is 3.52. The molecule has 0 radical (unpaired) electrons. The van der Waals surface area contributed by atoms with E-state index in [-0.39, 0.29) is 0 Å². The highest BCUT2D eigenvalue weighted by atomic mass is 32.1. The van der Waals surface area contributed by atoms with Crippen molar-refractivity contribution >= 4 is 11.3 Å². The monoisotopic (exact) mass is 271 g/mol. The molecular weight excluding hydrogens is 254 g/mol. The quantitative estimate of drug-likeness (QED) is 0.908. The van der Waals surface area contributed by atoms with Crippen LogP contribution in [0, 0.1) is 0 Å². The SMILES string of the molecule is c1ccc(C2CC2c2nnc(CNC3CC3)s2)cc1. The molecule has 19 heavy (non-hydrogen) atoms. The summed E-state index contributed by atoms with van der Waals surface area (Å²) in [5.74, 6) is 1.27. The highest BCUT2D eigenvalue weighted by Crippen LogP contribution is 2.55. The van der Waals surface area contributed by atoms with Crippen molar-refractivity contribution < 1.29 is 0 Å². The first-order valence-electron chi connectivity index (χ1n) is 7.01. The van der Waals surface area contributed by atoms with Gasteiger partial charge in [-0.1, -0.05) is 41.7 Å². The second-order valence-corrected chi connectivity index (χ2v) is 6.64. The molecule has 0 bridgehead atoms. The van der Waals surface area contributed by atoms with Gasteiger partial charge in [0.2, 0.25) is 0 Å². The fraction of sp³-hybridized carbons (Fsp3) is 0.467. The molecule has 0 aliphatic heterocycles. The average molecular weight is 271 g/mol. The molecule has 2 fully saturated rings. The first-order chi connectivity index (χ1) is 9.40. The van der Waals surface area contributed by atoms with E-state index in [1.54, 1.807) is 11.3 Å². The van der Waals surface area contributed by atoms with Crippen molar-refractivity contribution in [2.24, 2.45) is 0 Å². The minimum atomic E-state index is 0.606. The maximum absolute atomic E-state index is 4.38. The Balaban J connectivity index is 1.40. The van der Waals surface area contributed by atoms with Gasteiger partial charge in [-0.3, -0.25) is 0 Å². The van der Waals surface area contributed by atoms with Crippen LogP contribution in [0.1, 0.15) is 46.7 Å². The Morgan fingerprint density at radius 2 is 1.95 bits per heavy atom. The topological polar surface area (TPSA) is 37.8 Å². The van der Waals surface area contributed by atoms with Crippen LogP contribution in [0.15, 0.2) is 30.3 Å². The normalized spacial score (nSPS) is 25.5. The van der Waals surface area contributed by atoms with Crippen LogP contribution in [0.25, 0.3) is 0 Å². The molecule has 4 heteroatoms. The van der Waals surface area contributed by atoms with Gasteiger partial charge in [0.05, 0.1) is 0 Å². The summed E-state index contributed by atoms with van der Waals surface area (Å²) in [6.45, 7) is 0.894. The summed E-state index contributed by atoms with van der Waals surface area (Å²) < 4.78 is 0. The maximum atomic E-state index is 4.38. The third-order valence-corrected chi connectivity index (χ3v) is 4.99. The molecule has 0 saturated heterocycles. The minimum Gasteiger partial charge on any atom is -0.308 e. The molecule has 2 saturated carbocycles. The van der Waals surface area contributed by atoms with Crippen LogP contribution < -0.4 is 5.32 Å². The predicted molar refractivity (Wildman–Crippen MR) is 76.3 cm³/mol. The van der Waals surface area contributed by atoms with E-state index in [1.807, 2.05) is 0 Å². The van der Waals surface area contributed by atoms with E-state index in [4.69, 9.17) is 0 Å². The van der Waals surface area contributed by atoms with Gasteiger partial charge in [0, 0.05) is 18.5 Å².